The number of alkyl halides is 3. The normalized spacial score (nSPS) is 12.3. The van der Waals surface area contributed by atoms with Crippen molar-refractivity contribution in [1.82, 2.24) is 0 Å². The highest BCUT2D eigenvalue weighted by molar-refractivity contribution is 7.61. The molecule has 0 aliphatic rings. The van der Waals surface area contributed by atoms with Crippen LogP contribution in [0.15, 0.2) is 54.6 Å². The highest BCUT2D eigenvalue weighted by Crippen LogP contribution is 2.32. The van der Waals surface area contributed by atoms with Gasteiger partial charge in [0, 0.05) is 0 Å². The van der Waals surface area contributed by atoms with E-state index < -0.39 is 19.5 Å². The van der Waals surface area contributed by atoms with Gasteiger partial charge in [-0.3, -0.25) is 0 Å². The lowest BCUT2D eigenvalue weighted by Gasteiger charge is -2.05. The van der Waals surface area contributed by atoms with Crippen LogP contribution < -0.4 is 10.6 Å². The first kappa shape index (κ1) is 12.8. The molecule has 0 heterocycles. The molecule has 1 nitrogen and oxygen atoms in total. The molecule has 18 heavy (non-hydrogen) atoms. The van der Waals surface area contributed by atoms with E-state index in [1.54, 1.807) is 30.3 Å². The van der Waals surface area contributed by atoms with Gasteiger partial charge in [0.15, 0.2) is 5.30 Å². The highest BCUT2D eigenvalue weighted by atomic mass is 31.1. The summed E-state index contributed by atoms with van der Waals surface area (Å²) in [5.41, 5.74) is -0.838. The summed E-state index contributed by atoms with van der Waals surface area (Å²) < 4.78 is 50.5. The fourth-order valence-electron chi connectivity index (χ4n) is 1.59. The average molecular weight is 269 g/mol. The molecule has 0 spiro atoms. The smallest absolute Gasteiger partial charge is 0.166 e. The molecule has 0 radical (unpaired) electrons. The van der Waals surface area contributed by atoms with E-state index in [9.17, 15) is 17.7 Å². The first-order valence-corrected chi connectivity index (χ1v) is 6.44. The summed E-state index contributed by atoms with van der Waals surface area (Å²) in [7, 11) is -2.23. The lowest BCUT2D eigenvalue weighted by Crippen LogP contribution is -2.19. The number of hydrogen-bond donors (Lipinski definition) is 0. The van der Waals surface area contributed by atoms with E-state index in [0.29, 0.717) is 5.30 Å². The van der Waals surface area contributed by atoms with Crippen LogP contribution in [-0.4, -0.2) is 0 Å². The van der Waals surface area contributed by atoms with Crippen molar-refractivity contribution in [3.63, 3.8) is 0 Å². The lowest BCUT2D eigenvalue weighted by atomic mass is 10.2. The molecule has 1 unspecified atom stereocenters. The van der Waals surface area contributed by atoms with Gasteiger partial charge in [0.05, 0.1) is 0 Å². The Balaban J connectivity index is 2.50. The van der Waals surface area contributed by atoms with E-state index in [1.165, 1.54) is 18.2 Å². The summed E-state index contributed by atoms with van der Waals surface area (Å²) in [5, 5.41) is 0.218. The maximum atomic E-state index is 12.8. The van der Waals surface area contributed by atoms with Gasteiger partial charge in [0.2, 0.25) is 5.30 Å². The Kier molecular flexibility index (Phi) is 3.48. The van der Waals surface area contributed by atoms with E-state index in [-0.39, 0.29) is 5.30 Å². The average Bonchev–Trinajstić information content (AvgIpc) is 2.38. The molecule has 5 heteroatoms. The zero-order valence-electron chi connectivity index (χ0n) is 9.19. The van der Waals surface area contributed by atoms with E-state index in [4.69, 9.17) is 0 Å². The Bertz CT molecular complexity index is 564. The van der Waals surface area contributed by atoms with Crippen LogP contribution in [-0.2, 0) is 10.7 Å². The second-order valence-electron chi connectivity index (χ2n) is 3.64. The molecule has 0 amide bonds. The highest BCUT2D eigenvalue weighted by Gasteiger charge is 2.40. The van der Waals surface area contributed by atoms with Crippen LogP contribution >= 0.6 is 7.80 Å². The van der Waals surface area contributed by atoms with E-state index in [2.05, 4.69) is 0 Å². The molecule has 0 fully saturated rings. The molecule has 0 bridgehead atoms. The topological polar surface area (TPSA) is 17.1 Å². The molecule has 0 aromatic heterocycles. The van der Waals surface area contributed by atoms with E-state index in [0.717, 1.165) is 6.07 Å². The summed E-state index contributed by atoms with van der Waals surface area (Å²) >= 11 is 0. The van der Waals surface area contributed by atoms with Crippen molar-refractivity contribution in [2.45, 2.75) is 6.18 Å². The van der Waals surface area contributed by atoms with Gasteiger partial charge in [0.1, 0.15) is 5.56 Å². The van der Waals surface area contributed by atoms with Crippen LogP contribution in [0.25, 0.3) is 0 Å². The maximum Gasteiger partial charge on any atom is 0.420 e. The molecule has 0 saturated heterocycles. The van der Waals surface area contributed by atoms with Crippen LogP contribution in [0.3, 0.4) is 0 Å². The van der Waals surface area contributed by atoms with E-state index >= 15 is 0 Å². The van der Waals surface area contributed by atoms with Gasteiger partial charge < -0.3 is 0 Å². The first-order chi connectivity index (χ1) is 8.50. The van der Waals surface area contributed by atoms with Gasteiger partial charge in [-0.15, -0.1) is 0 Å². The fourth-order valence-corrected chi connectivity index (χ4v) is 2.96. The molecule has 1 atom stereocenters. The Morgan fingerprint density at radius 3 is 2.00 bits per heavy atom. The third-order valence-corrected chi connectivity index (χ3v) is 4.01. The SMILES string of the molecule is O=[P+](c1ccccc1)c1ccccc1C(F)(F)F. The minimum Gasteiger partial charge on any atom is -0.166 e. The predicted octanol–water partition coefficient (Wildman–Crippen LogP) is 3.48. The van der Waals surface area contributed by atoms with Gasteiger partial charge in [-0.1, -0.05) is 34.9 Å². The van der Waals surface area contributed by atoms with Crippen molar-refractivity contribution in [1.29, 1.82) is 0 Å². The summed E-state index contributed by atoms with van der Waals surface area (Å²) in [6.07, 6.45) is -4.49. The number of hydrogen-bond acceptors (Lipinski definition) is 1. The third-order valence-electron chi connectivity index (χ3n) is 2.42. The van der Waals surface area contributed by atoms with E-state index in [1.807, 2.05) is 0 Å². The van der Waals surface area contributed by atoms with Crippen molar-refractivity contribution in [3.05, 3.63) is 60.2 Å². The molecule has 0 aliphatic heterocycles. The Hall–Kier alpha value is -1.67. The van der Waals surface area contributed by atoms with Gasteiger partial charge in [0.25, 0.3) is 0 Å². The lowest BCUT2D eigenvalue weighted by molar-refractivity contribution is -0.136. The minimum atomic E-state index is -4.49. The zero-order chi connectivity index (χ0) is 13.2. The molecule has 0 saturated carbocycles. The molecular formula is C13H9F3OP+. The van der Waals surface area contributed by atoms with Gasteiger partial charge in [-0.2, -0.15) is 13.2 Å². The van der Waals surface area contributed by atoms with Crippen LogP contribution in [0, 0.1) is 0 Å². The first-order valence-electron chi connectivity index (χ1n) is 5.18. The van der Waals surface area contributed by atoms with Gasteiger partial charge >= 0.3 is 14.0 Å². The molecule has 92 valence electrons. The summed E-state index contributed by atoms with van der Waals surface area (Å²) in [5.74, 6) is 0. The van der Waals surface area contributed by atoms with Gasteiger partial charge in [-0.05, 0) is 24.3 Å². The molecule has 2 aromatic rings. The number of benzene rings is 2. The van der Waals surface area contributed by atoms with Crippen LogP contribution in [0.5, 0.6) is 0 Å². The van der Waals surface area contributed by atoms with Crippen molar-refractivity contribution in [3.8, 4) is 0 Å². The van der Waals surface area contributed by atoms with Crippen LogP contribution in [0.4, 0.5) is 13.2 Å². The molecule has 0 aliphatic carbocycles. The third kappa shape index (κ3) is 2.59. The fraction of sp³-hybridized carbons (Fsp3) is 0.0769. The van der Waals surface area contributed by atoms with Crippen molar-refractivity contribution >= 4 is 18.4 Å². The molecule has 2 rings (SSSR count). The Morgan fingerprint density at radius 2 is 1.39 bits per heavy atom. The Labute approximate surface area is 103 Å². The standard InChI is InChI=1S/C13H9F3OP/c14-13(15,16)11-8-4-5-9-12(11)18(17)10-6-2-1-3-7-10/h1-9H/q+1. The summed E-state index contributed by atoms with van der Waals surface area (Å²) in [6, 6.07) is 13.1. The second kappa shape index (κ2) is 4.91. The van der Waals surface area contributed by atoms with Gasteiger partial charge in [-0.25, -0.2) is 0 Å². The van der Waals surface area contributed by atoms with Crippen LogP contribution in [0.2, 0.25) is 0 Å². The summed E-state index contributed by atoms with van der Waals surface area (Å²) in [6.45, 7) is 0. The number of halogens is 3. The predicted molar refractivity (Wildman–Crippen MR) is 64.8 cm³/mol. The second-order valence-corrected chi connectivity index (χ2v) is 5.23. The molecular weight excluding hydrogens is 260 g/mol. The largest absolute Gasteiger partial charge is 0.420 e. The van der Waals surface area contributed by atoms with Crippen molar-refractivity contribution in [2.75, 3.05) is 0 Å². The zero-order valence-corrected chi connectivity index (χ0v) is 10.1. The van der Waals surface area contributed by atoms with Crippen molar-refractivity contribution < 1.29 is 17.7 Å². The van der Waals surface area contributed by atoms with Crippen LogP contribution in [0.1, 0.15) is 5.56 Å². The quantitative estimate of drug-likeness (QED) is 0.763. The van der Waals surface area contributed by atoms with Crippen molar-refractivity contribution in [2.24, 2.45) is 0 Å². The number of rotatable bonds is 2. The molecule has 0 N–H and O–H groups in total. The minimum absolute atomic E-state index is 0.175. The summed E-state index contributed by atoms with van der Waals surface area (Å²) in [4.78, 5) is 0. The maximum absolute atomic E-state index is 12.8. The monoisotopic (exact) mass is 269 g/mol. The Morgan fingerprint density at radius 1 is 0.833 bits per heavy atom. The molecule has 2 aromatic carbocycles.